The minimum absolute atomic E-state index is 0.0967. The number of ether oxygens (including phenoxy) is 1. The Labute approximate surface area is 251 Å². The lowest BCUT2D eigenvalue weighted by atomic mass is 10.0. The van der Waals surface area contributed by atoms with Crippen molar-refractivity contribution in [2.75, 3.05) is 18.0 Å². The summed E-state index contributed by atoms with van der Waals surface area (Å²) in [6, 6.07) is 15.9. The summed E-state index contributed by atoms with van der Waals surface area (Å²) in [6.07, 6.45) is 1.99. The van der Waals surface area contributed by atoms with Gasteiger partial charge in [-0.05, 0) is 67.3 Å². The second-order valence-electron chi connectivity index (χ2n) is 10.8. The number of carbonyl (C=O) groups excluding carboxylic acids is 3. The van der Waals surface area contributed by atoms with Gasteiger partial charge in [-0.15, -0.1) is 11.8 Å². The number of rotatable bonds is 7. The summed E-state index contributed by atoms with van der Waals surface area (Å²) >= 11 is 1.48. The van der Waals surface area contributed by atoms with Crippen molar-refractivity contribution in [2.24, 2.45) is 0 Å². The average molecular weight is 603 g/mol. The van der Waals surface area contributed by atoms with E-state index in [1.165, 1.54) is 28.8 Å². The Bertz CT molecular complexity index is 1650. The number of nitrogens with one attached hydrogen (secondary N) is 1. The predicted octanol–water partition coefficient (Wildman–Crippen LogP) is 4.94. The summed E-state index contributed by atoms with van der Waals surface area (Å²) in [5, 5.41) is 11.4. The monoisotopic (exact) mass is 602 g/mol. The summed E-state index contributed by atoms with van der Waals surface area (Å²) in [7, 11) is 0. The van der Waals surface area contributed by atoms with E-state index in [1.807, 2.05) is 17.0 Å². The number of piperidine rings is 2. The molecule has 6 rings (SSSR count). The highest BCUT2D eigenvalue weighted by Gasteiger charge is 2.40. The Morgan fingerprint density at radius 2 is 1.81 bits per heavy atom. The molecule has 3 aromatic carbocycles. The van der Waals surface area contributed by atoms with Crippen LogP contribution in [0, 0.1) is 23.0 Å². The van der Waals surface area contributed by atoms with E-state index in [-0.39, 0.29) is 54.4 Å². The second kappa shape index (κ2) is 12.1. The van der Waals surface area contributed by atoms with Gasteiger partial charge in [-0.1, -0.05) is 12.1 Å². The third kappa shape index (κ3) is 5.92. The standard InChI is InChI=1S/C32H28F2N4O4S/c33-24-14-19(16-35)4-6-26(24)37-12-10-21(11-13-37)43-29-8-5-20(15-25(29)34)18-42-28-3-1-2-22-23(28)17-38(32(22)41)27-7-9-30(39)36-31(27)40/h1-6,8,14-15,21,27H,7,9-13,17-18H2,(H,36,39,40)/t27-/m1/s1. The van der Waals surface area contributed by atoms with Crippen LogP contribution in [0.2, 0.25) is 0 Å². The maximum atomic E-state index is 15.1. The van der Waals surface area contributed by atoms with Crippen molar-refractivity contribution in [3.8, 4) is 11.8 Å². The van der Waals surface area contributed by atoms with Crippen LogP contribution in [0.3, 0.4) is 0 Å². The molecule has 0 saturated carbocycles. The zero-order chi connectivity index (χ0) is 30.1. The molecule has 11 heteroatoms. The first-order valence-electron chi connectivity index (χ1n) is 14.1. The van der Waals surface area contributed by atoms with Crippen molar-refractivity contribution < 1.29 is 27.9 Å². The second-order valence-corrected chi connectivity index (χ2v) is 12.2. The number of hydrogen-bond donors (Lipinski definition) is 1. The van der Waals surface area contributed by atoms with Crippen LogP contribution in [-0.2, 0) is 22.7 Å². The van der Waals surface area contributed by atoms with Crippen LogP contribution in [0.25, 0.3) is 0 Å². The Morgan fingerprint density at radius 1 is 1.00 bits per heavy atom. The molecule has 220 valence electrons. The molecule has 2 fully saturated rings. The molecule has 1 N–H and O–H groups in total. The molecule has 0 spiro atoms. The topological polar surface area (TPSA) is 103 Å². The maximum absolute atomic E-state index is 15.1. The molecule has 43 heavy (non-hydrogen) atoms. The van der Waals surface area contributed by atoms with E-state index in [1.54, 1.807) is 36.4 Å². The number of halogens is 2. The van der Waals surface area contributed by atoms with Gasteiger partial charge in [0.2, 0.25) is 11.8 Å². The number of carbonyl (C=O) groups is 3. The lowest BCUT2D eigenvalue weighted by molar-refractivity contribution is -0.136. The number of fused-ring (bicyclic) bond motifs is 1. The largest absolute Gasteiger partial charge is 0.489 e. The third-order valence-corrected chi connectivity index (χ3v) is 9.47. The molecule has 3 amide bonds. The highest BCUT2D eigenvalue weighted by Crippen LogP contribution is 2.36. The lowest BCUT2D eigenvalue weighted by Crippen LogP contribution is -2.52. The quantitative estimate of drug-likeness (QED) is 0.383. The van der Waals surface area contributed by atoms with Crippen molar-refractivity contribution in [1.82, 2.24) is 10.2 Å². The summed E-state index contributed by atoms with van der Waals surface area (Å²) in [6.45, 7) is 1.56. The molecule has 0 unspecified atom stereocenters. The SMILES string of the molecule is N#Cc1ccc(N2CCC(Sc3ccc(COc4cccc5c4CN([C@@H]4CCC(=O)NC4=O)C5=O)cc3F)CC2)c(F)c1. The Hall–Kier alpha value is -4.43. The number of amides is 3. The molecule has 0 aliphatic carbocycles. The summed E-state index contributed by atoms with van der Waals surface area (Å²) < 4.78 is 35.6. The number of nitriles is 1. The van der Waals surface area contributed by atoms with Crippen LogP contribution in [-0.4, -0.2) is 47.0 Å². The highest BCUT2D eigenvalue weighted by molar-refractivity contribution is 8.00. The van der Waals surface area contributed by atoms with Gasteiger partial charge in [-0.3, -0.25) is 19.7 Å². The van der Waals surface area contributed by atoms with Gasteiger partial charge in [0.1, 0.15) is 30.0 Å². The summed E-state index contributed by atoms with van der Waals surface area (Å²) in [4.78, 5) is 40.9. The smallest absolute Gasteiger partial charge is 0.255 e. The van der Waals surface area contributed by atoms with Crippen LogP contribution >= 0.6 is 11.8 Å². The van der Waals surface area contributed by atoms with E-state index in [4.69, 9.17) is 10.00 Å². The van der Waals surface area contributed by atoms with E-state index in [0.717, 1.165) is 12.8 Å². The van der Waals surface area contributed by atoms with Gasteiger partial charge >= 0.3 is 0 Å². The summed E-state index contributed by atoms with van der Waals surface area (Å²) in [5.41, 5.74) is 2.52. The van der Waals surface area contributed by atoms with Crippen LogP contribution in [0.15, 0.2) is 59.5 Å². The van der Waals surface area contributed by atoms with Crippen molar-refractivity contribution >= 4 is 35.2 Å². The van der Waals surface area contributed by atoms with E-state index in [0.29, 0.717) is 46.1 Å². The first-order valence-corrected chi connectivity index (χ1v) is 15.0. The molecule has 3 aliphatic rings. The number of imide groups is 1. The van der Waals surface area contributed by atoms with E-state index in [2.05, 4.69) is 5.32 Å². The van der Waals surface area contributed by atoms with Gasteiger partial charge in [0, 0.05) is 40.8 Å². The first kappa shape index (κ1) is 28.7. The van der Waals surface area contributed by atoms with Gasteiger partial charge in [0.15, 0.2) is 0 Å². The Kier molecular flexibility index (Phi) is 8.04. The van der Waals surface area contributed by atoms with Crippen LogP contribution < -0.4 is 15.0 Å². The molecule has 0 bridgehead atoms. The molecule has 1 atom stereocenters. The highest BCUT2D eigenvalue weighted by atomic mass is 32.2. The van der Waals surface area contributed by atoms with Crippen LogP contribution in [0.5, 0.6) is 5.75 Å². The van der Waals surface area contributed by atoms with Crippen molar-refractivity contribution in [3.05, 3.63) is 88.5 Å². The molecule has 0 radical (unpaired) electrons. The minimum Gasteiger partial charge on any atom is -0.489 e. The zero-order valence-electron chi connectivity index (χ0n) is 23.1. The fourth-order valence-corrected chi connectivity index (χ4v) is 6.93. The molecule has 3 aliphatic heterocycles. The Balaban J connectivity index is 1.05. The number of anilines is 1. The van der Waals surface area contributed by atoms with Crippen molar-refractivity contribution in [3.63, 3.8) is 0 Å². The number of thioether (sulfide) groups is 1. The van der Waals surface area contributed by atoms with Gasteiger partial charge < -0.3 is 14.5 Å². The molecule has 3 heterocycles. The van der Waals surface area contributed by atoms with Crippen molar-refractivity contribution in [1.29, 1.82) is 5.26 Å². The molecule has 3 aromatic rings. The lowest BCUT2D eigenvalue weighted by Gasteiger charge is -2.33. The third-order valence-electron chi connectivity index (χ3n) is 8.08. The maximum Gasteiger partial charge on any atom is 0.255 e. The predicted molar refractivity (Wildman–Crippen MR) is 155 cm³/mol. The minimum atomic E-state index is -0.714. The normalized spacial score (nSPS) is 18.8. The summed E-state index contributed by atoms with van der Waals surface area (Å²) in [5.74, 6) is -1.36. The number of hydrogen-bond acceptors (Lipinski definition) is 7. The van der Waals surface area contributed by atoms with E-state index >= 15 is 4.39 Å². The first-order chi connectivity index (χ1) is 20.8. The molecule has 2 saturated heterocycles. The van der Waals surface area contributed by atoms with Crippen molar-refractivity contribution in [2.45, 2.75) is 55.0 Å². The van der Waals surface area contributed by atoms with E-state index < -0.39 is 17.8 Å². The van der Waals surface area contributed by atoms with Gasteiger partial charge in [0.05, 0.1) is 23.9 Å². The number of nitrogens with zero attached hydrogens (tertiary/aromatic N) is 3. The number of benzene rings is 3. The van der Waals surface area contributed by atoms with E-state index in [9.17, 15) is 18.8 Å². The van der Waals surface area contributed by atoms with Crippen LogP contribution in [0.1, 0.15) is 52.7 Å². The van der Waals surface area contributed by atoms with Crippen LogP contribution in [0.4, 0.5) is 14.5 Å². The fraction of sp³-hybridized carbons (Fsp3) is 0.312. The van der Waals surface area contributed by atoms with Gasteiger partial charge in [-0.25, -0.2) is 8.78 Å². The molecular weight excluding hydrogens is 574 g/mol. The molecular formula is C32H28F2N4O4S. The fourth-order valence-electron chi connectivity index (χ4n) is 5.81. The zero-order valence-corrected chi connectivity index (χ0v) is 24.0. The molecule has 8 nitrogen and oxygen atoms in total. The average Bonchev–Trinajstić information content (AvgIpc) is 3.34. The Morgan fingerprint density at radius 3 is 2.53 bits per heavy atom. The van der Waals surface area contributed by atoms with Gasteiger partial charge in [-0.2, -0.15) is 5.26 Å². The molecule has 0 aromatic heterocycles. The van der Waals surface area contributed by atoms with Gasteiger partial charge in [0.25, 0.3) is 5.91 Å².